The second kappa shape index (κ2) is 20.8. The summed E-state index contributed by atoms with van der Waals surface area (Å²) in [5, 5.41) is 12.2. The fraction of sp³-hybridized carbons (Fsp3) is 0.280. The maximum atomic E-state index is 13.8. The lowest BCUT2D eigenvalue weighted by molar-refractivity contribution is -0.316. The number of benzene rings is 6. The fourth-order valence-electron chi connectivity index (χ4n) is 7.43. The Labute approximate surface area is 363 Å². The van der Waals surface area contributed by atoms with Gasteiger partial charge in [-0.05, 0) is 84.0 Å². The Bertz CT molecular complexity index is 2380. The van der Waals surface area contributed by atoms with Crippen molar-refractivity contribution in [3.63, 3.8) is 0 Å². The van der Waals surface area contributed by atoms with Gasteiger partial charge in [0.15, 0.2) is 0 Å². The van der Waals surface area contributed by atoms with Crippen LogP contribution in [0, 0.1) is 6.92 Å². The van der Waals surface area contributed by atoms with Crippen molar-refractivity contribution in [2.45, 2.75) is 75.0 Å². The summed E-state index contributed by atoms with van der Waals surface area (Å²) in [6, 6.07) is 48.9. The molecule has 11 heteroatoms. The van der Waals surface area contributed by atoms with Crippen molar-refractivity contribution < 1.29 is 41.4 Å². The van der Waals surface area contributed by atoms with Crippen LogP contribution in [-0.4, -0.2) is 57.3 Å². The van der Waals surface area contributed by atoms with Gasteiger partial charge >= 0.3 is 0 Å². The molecule has 0 amide bonds. The van der Waals surface area contributed by atoms with E-state index in [1.807, 2.05) is 147 Å². The fourth-order valence-corrected chi connectivity index (χ4v) is 8.57. The Morgan fingerprint density at radius 2 is 1.23 bits per heavy atom. The van der Waals surface area contributed by atoms with E-state index in [-0.39, 0.29) is 24.7 Å². The van der Waals surface area contributed by atoms with Gasteiger partial charge in [0.1, 0.15) is 42.4 Å². The van der Waals surface area contributed by atoms with Crippen molar-refractivity contribution in [1.82, 2.24) is 0 Å². The highest BCUT2D eigenvalue weighted by molar-refractivity contribution is 7.86. The molecule has 0 saturated carbocycles. The van der Waals surface area contributed by atoms with E-state index < -0.39 is 53.3 Å². The van der Waals surface area contributed by atoms with Gasteiger partial charge in [0, 0.05) is 5.02 Å². The van der Waals surface area contributed by atoms with Crippen LogP contribution in [0.2, 0.25) is 5.02 Å². The van der Waals surface area contributed by atoms with Gasteiger partial charge < -0.3 is 28.8 Å². The highest BCUT2D eigenvalue weighted by Gasteiger charge is 2.58. The van der Waals surface area contributed by atoms with E-state index in [2.05, 4.69) is 0 Å². The smallest absolute Gasteiger partial charge is 0.297 e. The molecule has 318 valence electrons. The third kappa shape index (κ3) is 11.3. The van der Waals surface area contributed by atoms with Crippen LogP contribution >= 0.6 is 11.6 Å². The molecule has 9 nitrogen and oxygen atoms in total. The maximum absolute atomic E-state index is 13.8. The van der Waals surface area contributed by atoms with Gasteiger partial charge in [-0.3, -0.25) is 4.18 Å². The van der Waals surface area contributed by atoms with Gasteiger partial charge in [0.2, 0.25) is 0 Å². The predicted molar refractivity (Wildman–Crippen MR) is 235 cm³/mol. The number of ether oxygens (including phenoxy) is 5. The van der Waals surface area contributed by atoms with E-state index >= 15 is 0 Å². The first-order chi connectivity index (χ1) is 29.7. The van der Waals surface area contributed by atoms with Crippen LogP contribution < -0.4 is 4.74 Å². The molecule has 0 spiro atoms. The van der Waals surface area contributed by atoms with Crippen LogP contribution in [-0.2, 0) is 59.5 Å². The second-order valence-corrected chi connectivity index (χ2v) is 17.2. The number of hydrogen-bond donors (Lipinski definition) is 1. The SMILES string of the molecule is CCOc1ccc(Cc2cc([C@@H]3OC(CO)(COS(=O)(=O)c4ccc(C)cc4)[C@@H](OCc4ccccc4)[C@H](OCc4ccccc4)[C@H]3OCc3ccccc3)ccc2Cl)cc1. The molecule has 1 heterocycles. The van der Waals surface area contributed by atoms with Gasteiger partial charge in [-0.15, -0.1) is 0 Å². The minimum absolute atomic E-state index is 0.0297. The Morgan fingerprint density at radius 1 is 0.672 bits per heavy atom. The molecule has 1 aliphatic rings. The summed E-state index contributed by atoms with van der Waals surface area (Å²) in [5.74, 6) is 0.776. The van der Waals surface area contributed by atoms with Crippen molar-refractivity contribution in [3.8, 4) is 5.75 Å². The molecule has 6 aromatic rings. The third-order valence-electron chi connectivity index (χ3n) is 10.7. The van der Waals surface area contributed by atoms with Crippen molar-refractivity contribution in [1.29, 1.82) is 0 Å². The molecule has 7 rings (SSSR count). The highest BCUT2D eigenvalue weighted by Crippen LogP contribution is 2.44. The number of halogens is 1. The van der Waals surface area contributed by atoms with Crippen molar-refractivity contribution >= 4 is 21.7 Å². The maximum Gasteiger partial charge on any atom is 0.297 e. The molecule has 1 unspecified atom stereocenters. The van der Waals surface area contributed by atoms with Gasteiger partial charge in [-0.25, -0.2) is 0 Å². The molecule has 1 fully saturated rings. The summed E-state index contributed by atoms with van der Waals surface area (Å²) in [7, 11) is -4.33. The van der Waals surface area contributed by atoms with E-state index in [0.717, 1.165) is 39.1 Å². The molecule has 1 aliphatic heterocycles. The lowest BCUT2D eigenvalue weighted by Gasteiger charge is -2.52. The van der Waals surface area contributed by atoms with E-state index in [4.69, 9.17) is 39.5 Å². The van der Waals surface area contributed by atoms with Crippen molar-refractivity contribution in [2.75, 3.05) is 19.8 Å². The van der Waals surface area contributed by atoms with Crippen LogP contribution in [0.3, 0.4) is 0 Å². The zero-order valence-electron chi connectivity index (χ0n) is 34.3. The first-order valence-corrected chi connectivity index (χ1v) is 22.2. The molecule has 0 bridgehead atoms. The topological polar surface area (TPSA) is 110 Å². The molecule has 5 atom stereocenters. The molecule has 0 aromatic heterocycles. The predicted octanol–water partition coefficient (Wildman–Crippen LogP) is 9.60. The lowest BCUT2D eigenvalue weighted by atomic mass is 9.82. The van der Waals surface area contributed by atoms with Gasteiger partial charge in [-0.2, -0.15) is 8.42 Å². The Balaban J connectivity index is 1.33. The molecule has 1 saturated heterocycles. The van der Waals surface area contributed by atoms with Crippen LogP contribution in [0.5, 0.6) is 5.75 Å². The summed E-state index contributed by atoms with van der Waals surface area (Å²) < 4.78 is 66.9. The summed E-state index contributed by atoms with van der Waals surface area (Å²) in [5.41, 5.74) is 4.29. The van der Waals surface area contributed by atoms with E-state index in [9.17, 15) is 13.5 Å². The van der Waals surface area contributed by atoms with Gasteiger partial charge in [0.05, 0.1) is 37.9 Å². The van der Waals surface area contributed by atoms with E-state index in [0.29, 0.717) is 23.6 Å². The minimum atomic E-state index is -4.33. The first kappa shape index (κ1) is 44.2. The molecule has 61 heavy (non-hydrogen) atoms. The molecule has 6 aromatic carbocycles. The Hall–Kier alpha value is -4.88. The van der Waals surface area contributed by atoms with Crippen molar-refractivity contribution in [2.24, 2.45) is 0 Å². The van der Waals surface area contributed by atoms with Crippen molar-refractivity contribution in [3.05, 3.63) is 202 Å². The van der Waals surface area contributed by atoms with Crippen LogP contribution in [0.4, 0.5) is 0 Å². The highest BCUT2D eigenvalue weighted by atomic mass is 35.5. The molecule has 0 aliphatic carbocycles. The van der Waals surface area contributed by atoms with Crippen LogP contribution in [0.1, 0.15) is 52.0 Å². The minimum Gasteiger partial charge on any atom is -0.494 e. The number of aliphatic hydroxyl groups excluding tert-OH is 1. The Kier molecular flexibility index (Phi) is 15.1. The number of rotatable bonds is 19. The zero-order valence-corrected chi connectivity index (χ0v) is 35.8. The largest absolute Gasteiger partial charge is 0.494 e. The lowest BCUT2D eigenvalue weighted by Crippen LogP contribution is -2.67. The summed E-state index contributed by atoms with van der Waals surface area (Å²) in [6.07, 6.45) is -3.33. The Morgan fingerprint density at radius 3 is 1.79 bits per heavy atom. The zero-order chi connectivity index (χ0) is 42.7. The first-order valence-electron chi connectivity index (χ1n) is 20.4. The van der Waals surface area contributed by atoms with Gasteiger partial charge in [-0.1, -0.05) is 145 Å². The monoisotopic (exact) mass is 862 g/mol. The van der Waals surface area contributed by atoms with E-state index in [1.165, 1.54) is 12.1 Å². The second-order valence-electron chi connectivity index (χ2n) is 15.1. The van der Waals surface area contributed by atoms with Gasteiger partial charge in [0.25, 0.3) is 10.1 Å². The van der Waals surface area contributed by atoms with Crippen LogP contribution in [0.25, 0.3) is 0 Å². The third-order valence-corrected chi connectivity index (χ3v) is 12.4. The molecule has 0 radical (unpaired) electrons. The van der Waals surface area contributed by atoms with Crippen LogP contribution in [0.15, 0.2) is 163 Å². The molecular weight excluding hydrogens is 812 g/mol. The normalized spacial score (nSPS) is 20.3. The standard InChI is InChI=1S/C50H51ClO9S/c1-3-55-43-24-21-37(22-25-43)29-42-30-41(23-28-45(42)51)46-47(56-31-38-13-7-4-8-14-38)48(57-32-39-15-9-5-10-16-39)49(58-33-40-17-11-6-12-18-40)50(34-52,60-46)35-59-61(53,54)44-26-19-36(2)20-27-44/h4-28,30,46-49,52H,3,29,31-35H2,1-2H3/t46-,47-,48+,49-,50?/m0/s1. The molecular formula is C50H51ClO9S. The van der Waals surface area contributed by atoms with E-state index in [1.54, 1.807) is 12.1 Å². The number of aliphatic hydroxyl groups is 1. The summed E-state index contributed by atoms with van der Waals surface area (Å²) >= 11 is 6.90. The quantitative estimate of drug-likeness (QED) is 0.0797. The molecule has 1 N–H and O–H groups in total. The average molecular weight is 863 g/mol. The average Bonchev–Trinajstić information content (AvgIpc) is 3.29. The summed E-state index contributed by atoms with van der Waals surface area (Å²) in [4.78, 5) is -0.0297. The number of aryl methyl sites for hydroxylation is 1. The number of hydrogen-bond acceptors (Lipinski definition) is 9. The summed E-state index contributed by atoms with van der Waals surface area (Å²) in [6.45, 7) is 3.54.